The summed E-state index contributed by atoms with van der Waals surface area (Å²) in [5.41, 5.74) is 6.98. The standard InChI is InChI=1S/C11H14N2O3S/c1-7-2-5-10(12)9(6-7)11(14)13-17(15,16)8-3-4-8/h2,5-6,8H,3-4,12H2,1H3,(H,13,14). The number of nitrogens with one attached hydrogen (secondary N) is 1. The van der Waals surface area contributed by atoms with Crippen molar-refractivity contribution >= 4 is 21.6 Å². The third-order valence-corrected chi connectivity index (χ3v) is 4.47. The second-order valence-corrected chi connectivity index (χ2v) is 6.23. The highest BCUT2D eigenvalue weighted by molar-refractivity contribution is 7.91. The minimum absolute atomic E-state index is 0.203. The van der Waals surface area contributed by atoms with Gasteiger partial charge in [-0.25, -0.2) is 13.1 Å². The highest BCUT2D eigenvalue weighted by Gasteiger charge is 2.37. The van der Waals surface area contributed by atoms with Gasteiger partial charge < -0.3 is 5.73 Å². The van der Waals surface area contributed by atoms with Gasteiger partial charge >= 0.3 is 0 Å². The van der Waals surface area contributed by atoms with Crippen molar-refractivity contribution in [1.29, 1.82) is 0 Å². The van der Waals surface area contributed by atoms with Crippen LogP contribution in [0.5, 0.6) is 0 Å². The zero-order chi connectivity index (χ0) is 12.6. The summed E-state index contributed by atoms with van der Waals surface area (Å²) in [5.74, 6) is -0.655. The maximum atomic E-state index is 11.8. The molecule has 0 spiro atoms. The number of aryl methyl sites for hydroxylation is 1. The molecule has 0 aliphatic heterocycles. The van der Waals surface area contributed by atoms with Gasteiger partial charge in [-0.3, -0.25) is 4.79 Å². The minimum atomic E-state index is -3.52. The van der Waals surface area contributed by atoms with E-state index in [0.29, 0.717) is 12.8 Å². The summed E-state index contributed by atoms with van der Waals surface area (Å²) in [6, 6.07) is 4.93. The molecule has 1 saturated carbocycles. The Bertz CT molecular complexity index is 562. The van der Waals surface area contributed by atoms with Crippen molar-refractivity contribution in [3.63, 3.8) is 0 Å². The van der Waals surface area contributed by atoms with E-state index >= 15 is 0 Å². The molecule has 3 N–H and O–H groups in total. The van der Waals surface area contributed by atoms with Crippen LogP contribution in [0.25, 0.3) is 0 Å². The largest absolute Gasteiger partial charge is 0.398 e. The first-order valence-electron chi connectivity index (χ1n) is 5.32. The number of hydrogen-bond donors (Lipinski definition) is 2. The van der Waals surface area contributed by atoms with Crippen molar-refractivity contribution in [1.82, 2.24) is 4.72 Å². The van der Waals surface area contributed by atoms with Crippen LogP contribution in [0.4, 0.5) is 5.69 Å². The van der Waals surface area contributed by atoms with Crippen molar-refractivity contribution in [3.05, 3.63) is 29.3 Å². The van der Waals surface area contributed by atoms with E-state index in [-0.39, 0.29) is 11.3 Å². The zero-order valence-corrected chi connectivity index (χ0v) is 10.3. The van der Waals surface area contributed by atoms with Gasteiger partial charge in [0.15, 0.2) is 0 Å². The third-order valence-electron chi connectivity index (χ3n) is 2.65. The lowest BCUT2D eigenvalue weighted by Crippen LogP contribution is -2.33. The first-order chi connectivity index (χ1) is 7.90. The molecule has 92 valence electrons. The predicted octanol–water partition coefficient (Wildman–Crippen LogP) is 0.799. The van der Waals surface area contributed by atoms with Crippen LogP contribution in [0.2, 0.25) is 0 Å². The van der Waals surface area contributed by atoms with Gasteiger partial charge in [0.1, 0.15) is 0 Å². The highest BCUT2D eigenvalue weighted by atomic mass is 32.2. The second kappa shape index (κ2) is 4.03. The number of sulfonamides is 1. The minimum Gasteiger partial charge on any atom is -0.398 e. The Morgan fingerprint density at radius 1 is 1.41 bits per heavy atom. The molecule has 0 bridgehead atoms. The highest BCUT2D eigenvalue weighted by Crippen LogP contribution is 2.27. The van der Waals surface area contributed by atoms with Gasteiger partial charge in [-0.15, -0.1) is 0 Å². The zero-order valence-electron chi connectivity index (χ0n) is 9.43. The van der Waals surface area contributed by atoms with E-state index in [0.717, 1.165) is 5.56 Å². The fraction of sp³-hybridized carbons (Fsp3) is 0.364. The van der Waals surface area contributed by atoms with Crippen molar-refractivity contribution in [2.75, 3.05) is 5.73 Å². The molecule has 1 aromatic carbocycles. The molecule has 6 heteroatoms. The molecule has 2 rings (SSSR count). The number of amides is 1. The van der Waals surface area contributed by atoms with Crippen LogP contribution >= 0.6 is 0 Å². The van der Waals surface area contributed by atoms with E-state index in [1.54, 1.807) is 18.2 Å². The average molecular weight is 254 g/mol. The van der Waals surface area contributed by atoms with Gasteiger partial charge in [0.25, 0.3) is 5.91 Å². The number of hydrogen-bond acceptors (Lipinski definition) is 4. The van der Waals surface area contributed by atoms with E-state index in [4.69, 9.17) is 5.73 Å². The topological polar surface area (TPSA) is 89.3 Å². The van der Waals surface area contributed by atoms with Crippen molar-refractivity contribution in [3.8, 4) is 0 Å². The monoisotopic (exact) mass is 254 g/mol. The molecule has 1 fully saturated rings. The molecule has 0 atom stereocenters. The van der Waals surface area contributed by atoms with Gasteiger partial charge in [-0.1, -0.05) is 11.6 Å². The molecule has 0 aromatic heterocycles. The fourth-order valence-electron chi connectivity index (χ4n) is 1.51. The Balaban J connectivity index is 2.22. The molecule has 1 aromatic rings. The molecule has 1 amide bonds. The molecule has 0 radical (unpaired) electrons. The predicted molar refractivity (Wildman–Crippen MR) is 65.0 cm³/mol. The van der Waals surface area contributed by atoms with E-state index in [1.165, 1.54) is 0 Å². The summed E-state index contributed by atoms with van der Waals surface area (Å²) in [4.78, 5) is 11.8. The molecular weight excluding hydrogens is 240 g/mol. The van der Waals surface area contributed by atoms with E-state index in [9.17, 15) is 13.2 Å². The number of rotatable bonds is 3. The first-order valence-corrected chi connectivity index (χ1v) is 6.87. The number of anilines is 1. The molecule has 0 saturated heterocycles. The Morgan fingerprint density at radius 3 is 2.65 bits per heavy atom. The fourth-order valence-corrected chi connectivity index (χ4v) is 2.80. The number of benzene rings is 1. The molecule has 5 nitrogen and oxygen atoms in total. The summed E-state index contributed by atoms with van der Waals surface area (Å²) in [5, 5.41) is -0.419. The summed E-state index contributed by atoms with van der Waals surface area (Å²) in [6.45, 7) is 1.81. The molecule has 1 aliphatic carbocycles. The van der Waals surface area contributed by atoms with Crippen LogP contribution < -0.4 is 10.5 Å². The van der Waals surface area contributed by atoms with Gasteiger partial charge in [0.2, 0.25) is 10.0 Å². The van der Waals surface area contributed by atoms with Crippen LogP contribution in [0.3, 0.4) is 0 Å². The Morgan fingerprint density at radius 2 is 2.06 bits per heavy atom. The number of nitrogens with two attached hydrogens (primary N) is 1. The Labute approximate surface area is 100 Å². The molecular formula is C11H14N2O3S. The van der Waals surface area contributed by atoms with Crippen LogP contribution in [-0.2, 0) is 10.0 Å². The van der Waals surface area contributed by atoms with Crippen molar-refractivity contribution in [2.45, 2.75) is 25.0 Å². The molecule has 1 aliphatic rings. The second-order valence-electron chi connectivity index (χ2n) is 4.27. The van der Waals surface area contributed by atoms with Crippen molar-refractivity contribution in [2.24, 2.45) is 0 Å². The lowest BCUT2D eigenvalue weighted by molar-refractivity contribution is 0.0982. The van der Waals surface area contributed by atoms with Gasteiger partial charge in [0.05, 0.1) is 10.8 Å². The SMILES string of the molecule is Cc1ccc(N)c(C(=O)NS(=O)(=O)C2CC2)c1. The molecule has 17 heavy (non-hydrogen) atoms. The summed E-state index contributed by atoms with van der Waals surface area (Å²) in [7, 11) is -3.52. The summed E-state index contributed by atoms with van der Waals surface area (Å²) in [6.07, 6.45) is 1.23. The molecule has 0 heterocycles. The van der Waals surface area contributed by atoms with E-state index in [1.807, 2.05) is 6.92 Å². The number of carbonyl (C=O) groups is 1. The average Bonchev–Trinajstić information content (AvgIpc) is 3.04. The van der Waals surface area contributed by atoms with E-state index in [2.05, 4.69) is 4.72 Å². The first kappa shape index (κ1) is 11.9. The number of nitrogen functional groups attached to an aromatic ring is 1. The summed E-state index contributed by atoms with van der Waals surface area (Å²) < 4.78 is 25.3. The van der Waals surface area contributed by atoms with Gasteiger partial charge in [-0.2, -0.15) is 0 Å². The van der Waals surface area contributed by atoms with E-state index < -0.39 is 21.2 Å². The van der Waals surface area contributed by atoms with Gasteiger partial charge in [0, 0.05) is 5.69 Å². The van der Waals surface area contributed by atoms with Crippen LogP contribution in [-0.4, -0.2) is 19.6 Å². The van der Waals surface area contributed by atoms with Crippen molar-refractivity contribution < 1.29 is 13.2 Å². The lowest BCUT2D eigenvalue weighted by atomic mass is 10.1. The van der Waals surface area contributed by atoms with Gasteiger partial charge in [-0.05, 0) is 31.9 Å². The normalized spacial score (nSPS) is 15.6. The smallest absolute Gasteiger partial charge is 0.266 e. The van der Waals surface area contributed by atoms with Crippen LogP contribution in [0.1, 0.15) is 28.8 Å². The quantitative estimate of drug-likeness (QED) is 0.781. The lowest BCUT2D eigenvalue weighted by Gasteiger charge is -2.08. The third kappa shape index (κ3) is 2.58. The Kier molecular flexibility index (Phi) is 2.82. The summed E-state index contributed by atoms with van der Waals surface area (Å²) >= 11 is 0. The Hall–Kier alpha value is -1.56. The number of carbonyl (C=O) groups excluding carboxylic acids is 1. The van der Waals surface area contributed by atoms with Crippen LogP contribution in [0, 0.1) is 6.92 Å². The molecule has 0 unspecified atom stereocenters. The maximum absolute atomic E-state index is 11.8. The maximum Gasteiger partial charge on any atom is 0.266 e. The van der Waals surface area contributed by atoms with Crippen LogP contribution in [0.15, 0.2) is 18.2 Å².